The van der Waals surface area contributed by atoms with Crippen molar-refractivity contribution >= 4 is 35.1 Å². The molecule has 1 N–H and O–H groups in total. The largest absolute Gasteiger partial charge is 0.452 e. The lowest BCUT2D eigenvalue weighted by Crippen LogP contribution is -2.32. The molecule has 0 heterocycles. The standard InChI is InChI=1S/C19H19Cl2NO3/c1-3-16(13-9-7-12(2)8-10-13)22-17(23)11-25-19(24)14-5-4-6-15(20)18(14)21/h4-10,16H,3,11H2,1-2H3,(H,22,23)/t16-/m1/s1. The Balaban J connectivity index is 1.94. The highest BCUT2D eigenvalue weighted by molar-refractivity contribution is 6.43. The van der Waals surface area contributed by atoms with Gasteiger partial charge in [-0.2, -0.15) is 0 Å². The van der Waals surface area contributed by atoms with E-state index in [0.717, 1.165) is 17.5 Å². The first-order valence-corrected chi connectivity index (χ1v) is 8.65. The van der Waals surface area contributed by atoms with E-state index in [0.29, 0.717) is 0 Å². The molecule has 1 atom stereocenters. The first-order valence-electron chi connectivity index (χ1n) is 7.89. The van der Waals surface area contributed by atoms with Crippen molar-refractivity contribution in [2.75, 3.05) is 6.61 Å². The molecule has 25 heavy (non-hydrogen) atoms. The first-order chi connectivity index (χ1) is 11.9. The van der Waals surface area contributed by atoms with E-state index >= 15 is 0 Å². The van der Waals surface area contributed by atoms with Crippen molar-refractivity contribution in [2.45, 2.75) is 26.3 Å². The number of aryl methyl sites for hydroxylation is 1. The Labute approximate surface area is 157 Å². The molecule has 0 aromatic heterocycles. The summed E-state index contributed by atoms with van der Waals surface area (Å²) >= 11 is 11.8. The van der Waals surface area contributed by atoms with Crippen LogP contribution in [0.3, 0.4) is 0 Å². The number of carbonyl (C=O) groups is 2. The summed E-state index contributed by atoms with van der Waals surface area (Å²) in [5, 5.41) is 3.23. The average Bonchev–Trinajstić information content (AvgIpc) is 2.61. The predicted molar refractivity (Wildman–Crippen MR) is 99.1 cm³/mol. The third kappa shape index (κ3) is 5.21. The highest BCUT2D eigenvalue weighted by Crippen LogP contribution is 2.26. The fourth-order valence-electron chi connectivity index (χ4n) is 2.33. The Hall–Kier alpha value is -2.04. The molecule has 0 unspecified atom stereocenters. The van der Waals surface area contributed by atoms with E-state index in [-0.39, 0.29) is 34.2 Å². The zero-order valence-corrected chi connectivity index (χ0v) is 15.5. The third-order valence-corrected chi connectivity index (χ3v) is 4.55. The molecule has 0 aliphatic rings. The Kier molecular flexibility index (Phi) is 6.85. The van der Waals surface area contributed by atoms with Crippen molar-refractivity contribution in [1.29, 1.82) is 0 Å². The average molecular weight is 380 g/mol. The molecule has 0 radical (unpaired) electrons. The molecule has 0 saturated heterocycles. The van der Waals surface area contributed by atoms with Crippen LogP contribution in [0.1, 0.15) is 40.9 Å². The van der Waals surface area contributed by atoms with E-state index < -0.39 is 5.97 Å². The van der Waals surface area contributed by atoms with Gasteiger partial charge in [-0.3, -0.25) is 4.79 Å². The number of rotatable bonds is 6. The molecule has 6 heteroatoms. The highest BCUT2D eigenvalue weighted by Gasteiger charge is 2.17. The van der Waals surface area contributed by atoms with Gasteiger partial charge < -0.3 is 10.1 Å². The first kappa shape index (κ1) is 19.3. The summed E-state index contributed by atoms with van der Waals surface area (Å²) in [5.41, 5.74) is 2.29. The molecule has 1 amide bonds. The van der Waals surface area contributed by atoms with E-state index in [1.165, 1.54) is 6.07 Å². The summed E-state index contributed by atoms with van der Waals surface area (Å²) in [5.74, 6) is -1.06. The summed E-state index contributed by atoms with van der Waals surface area (Å²) in [4.78, 5) is 24.1. The van der Waals surface area contributed by atoms with Crippen LogP contribution in [-0.4, -0.2) is 18.5 Å². The van der Waals surface area contributed by atoms with Gasteiger partial charge in [-0.05, 0) is 31.0 Å². The molecule has 0 saturated carbocycles. The molecule has 0 bridgehead atoms. The second-order valence-electron chi connectivity index (χ2n) is 5.62. The zero-order valence-electron chi connectivity index (χ0n) is 14.0. The Bertz CT molecular complexity index is 760. The molecule has 2 aromatic carbocycles. The lowest BCUT2D eigenvalue weighted by Gasteiger charge is -2.17. The summed E-state index contributed by atoms with van der Waals surface area (Å²) < 4.78 is 5.03. The molecule has 4 nitrogen and oxygen atoms in total. The van der Waals surface area contributed by atoms with Gasteiger partial charge in [-0.1, -0.05) is 66.0 Å². The summed E-state index contributed by atoms with van der Waals surface area (Å²) in [6.07, 6.45) is 0.725. The van der Waals surface area contributed by atoms with Crippen LogP contribution in [0.15, 0.2) is 42.5 Å². The number of halogens is 2. The summed E-state index contributed by atoms with van der Waals surface area (Å²) in [6, 6.07) is 12.5. The number of hydrogen-bond donors (Lipinski definition) is 1. The molecule has 132 valence electrons. The van der Waals surface area contributed by atoms with Crippen molar-refractivity contribution in [3.05, 3.63) is 69.2 Å². The summed E-state index contributed by atoms with van der Waals surface area (Å²) in [6.45, 7) is 3.59. The van der Waals surface area contributed by atoms with E-state index in [9.17, 15) is 9.59 Å². The maximum absolute atomic E-state index is 12.1. The highest BCUT2D eigenvalue weighted by atomic mass is 35.5. The van der Waals surface area contributed by atoms with Crippen LogP contribution in [0.4, 0.5) is 0 Å². The van der Waals surface area contributed by atoms with E-state index in [1.807, 2.05) is 38.1 Å². The topological polar surface area (TPSA) is 55.4 Å². The normalized spacial score (nSPS) is 11.7. The Morgan fingerprint density at radius 2 is 1.80 bits per heavy atom. The van der Waals surface area contributed by atoms with Crippen LogP contribution in [0, 0.1) is 6.92 Å². The minimum absolute atomic E-state index is 0.112. The Morgan fingerprint density at radius 1 is 1.12 bits per heavy atom. The van der Waals surface area contributed by atoms with Gasteiger partial charge in [-0.25, -0.2) is 4.79 Å². The van der Waals surface area contributed by atoms with Crippen LogP contribution in [0.25, 0.3) is 0 Å². The van der Waals surface area contributed by atoms with Crippen LogP contribution in [0.2, 0.25) is 10.0 Å². The second kappa shape index (κ2) is 8.88. The van der Waals surface area contributed by atoms with Gasteiger partial charge in [0, 0.05) is 0 Å². The fraction of sp³-hybridized carbons (Fsp3) is 0.263. The monoisotopic (exact) mass is 379 g/mol. The van der Waals surface area contributed by atoms with Gasteiger partial charge in [0.1, 0.15) is 0 Å². The van der Waals surface area contributed by atoms with Crippen LogP contribution in [-0.2, 0) is 9.53 Å². The zero-order chi connectivity index (χ0) is 18.4. The SMILES string of the molecule is CC[C@@H](NC(=O)COC(=O)c1cccc(Cl)c1Cl)c1ccc(C)cc1. The van der Waals surface area contributed by atoms with Crippen molar-refractivity contribution in [3.8, 4) is 0 Å². The van der Waals surface area contributed by atoms with Gasteiger partial charge in [-0.15, -0.1) is 0 Å². The van der Waals surface area contributed by atoms with Crippen molar-refractivity contribution < 1.29 is 14.3 Å². The molecule has 2 aromatic rings. The molecular formula is C19H19Cl2NO3. The van der Waals surface area contributed by atoms with Crippen LogP contribution >= 0.6 is 23.2 Å². The molecule has 2 rings (SSSR count). The van der Waals surface area contributed by atoms with Crippen LogP contribution < -0.4 is 5.32 Å². The fourth-order valence-corrected chi connectivity index (χ4v) is 2.70. The lowest BCUT2D eigenvalue weighted by atomic mass is 10.0. The van der Waals surface area contributed by atoms with Crippen molar-refractivity contribution in [3.63, 3.8) is 0 Å². The number of esters is 1. The van der Waals surface area contributed by atoms with Crippen molar-refractivity contribution in [2.24, 2.45) is 0 Å². The number of hydrogen-bond acceptors (Lipinski definition) is 3. The molecule has 0 spiro atoms. The maximum atomic E-state index is 12.1. The van der Waals surface area contributed by atoms with Gasteiger partial charge in [0.2, 0.25) is 0 Å². The second-order valence-corrected chi connectivity index (χ2v) is 6.40. The van der Waals surface area contributed by atoms with Gasteiger partial charge in [0.05, 0.1) is 21.7 Å². The van der Waals surface area contributed by atoms with E-state index in [4.69, 9.17) is 27.9 Å². The van der Waals surface area contributed by atoms with Crippen LogP contribution in [0.5, 0.6) is 0 Å². The maximum Gasteiger partial charge on any atom is 0.340 e. The quantitative estimate of drug-likeness (QED) is 0.738. The van der Waals surface area contributed by atoms with E-state index in [2.05, 4.69) is 5.32 Å². The smallest absolute Gasteiger partial charge is 0.340 e. The van der Waals surface area contributed by atoms with Gasteiger partial charge >= 0.3 is 5.97 Å². The van der Waals surface area contributed by atoms with Crippen molar-refractivity contribution in [1.82, 2.24) is 5.32 Å². The summed E-state index contributed by atoms with van der Waals surface area (Å²) in [7, 11) is 0. The minimum atomic E-state index is -0.689. The minimum Gasteiger partial charge on any atom is -0.452 e. The van der Waals surface area contributed by atoms with Gasteiger partial charge in [0.25, 0.3) is 5.91 Å². The number of nitrogens with one attached hydrogen (secondary N) is 1. The third-order valence-electron chi connectivity index (χ3n) is 3.73. The van der Waals surface area contributed by atoms with Gasteiger partial charge in [0.15, 0.2) is 6.61 Å². The molecular weight excluding hydrogens is 361 g/mol. The number of ether oxygens (including phenoxy) is 1. The van der Waals surface area contributed by atoms with E-state index in [1.54, 1.807) is 12.1 Å². The number of carbonyl (C=O) groups excluding carboxylic acids is 2. The Morgan fingerprint density at radius 3 is 2.44 bits per heavy atom. The molecule has 0 aliphatic heterocycles. The number of amides is 1. The lowest BCUT2D eigenvalue weighted by molar-refractivity contribution is -0.125. The molecule has 0 fully saturated rings. The number of benzene rings is 2. The predicted octanol–water partition coefficient (Wildman–Crippen LogP) is 4.73. The molecule has 0 aliphatic carbocycles.